The summed E-state index contributed by atoms with van der Waals surface area (Å²) in [5, 5.41) is 7.91. The molecule has 2 fully saturated rings. The van der Waals surface area contributed by atoms with E-state index in [1.54, 1.807) is 4.90 Å². The van der Waals surface area contributed by atoms with Crippen molar-refractivity contribution >= 4 is 34.7 Å². The van der Waals surface area contributed by atoms with Gasteiger partial charge in [-0.2, -0.15) is 0 Å². The van der Waals surface area contributed by atoms with Gasteiger partial charge in [-0.3, -0.25) is 14.4 Å². The molecule has 8 nitrogen and oxygen atoms in total. The molecule has 1 aromatic carbocycles. The molecule has 0 unspecified atom stereocenters. The van der Waals surface area contributed by atoms with Crippen molar-refractivity contribution < 1.29 is 40.6 Å². The Balaban J connectivity index is 0.00000380. The zero-order chi connectivity index (χ0) is 25.4. The Morgan fingerprint density at radius 2 is 1.62 bits per heavy atom. The van der Waals surface area contributed by atoms with Crippen LogP contribution in [0.5, 0.6) is 0 Å². The summed E-state index contributed by atoms with van der Waals surface area (Å²) < 4.78 is 5.82. The van der Waals surface area contributed by atoms with Gasteiger partial charge in [0.2, 0.25) is 0 Å². The molecule has 37 heavy (non-hydrogen) atoms. The number of carbonyl (C=O) groups excluding carboxylic acids is 3. The highest BCUT2D eigenvalue weighted by Gasteiger charge is 2.35. The van der Waals surface area contributed by atoms with Gasteiger partial charge in [-0.15, -0.1) is 11.3 Å². The largest absolute Gasteiger partial charge is 1.00 e. The molecule has 2 saturated heterocycles. The molecule has 0 bridgehead atoms. The number of thiophene rings is 1. The summed E-state index contributed by atoms with van der Waals surface area (Å²) in [6.07, 6.45) is 4.24. The summed E-state index contributed by atoms with van der Waals surface area (Å²) in [5.74, 6) is -0.259. The quantitative estimate of drug-likeness (QED) is 0.428. The Kier molecular flexibility index (Phi) is 11.1. The first-order valence-corrected chi connectivity index (χ1v) is 13.7. The van der Waals surface area contributed by atoms with Crippen molar-refractivity contribution in [1.29, 1.82) is 0 Å². The van der Waals surface area contributed by atoms with Gasteiger partial charge >= 0.3 is 0 Å². The van der Waals surface area contributed by atoms with Crippen molar-refractivity contribution in [2.45, 2.75) is 39.2 Å². The smallest absolute Gasteiger partial charge is 0.279 e. The second kappa shape index (κ2) is 14.0. The molecular formula is C27H37BrN4O4S. The first-order valence-electron chi connectivity index (χ1n) is 12.9. The first-order chi connectivity index (χ1) is 17.5. The van der Waals surface area contributed by atoms with Crippen LogP contribution in [0, 0.1) is 6.92 Å². The fourth-order valence-corrected chi connectivity index (χ4v) is 5.87. The van der Waals surface area contributed by atoms with Crippen molar-refractivity contribution in [3.8, 4) is 0 Å². The minimum atomic E-state index is -0.148. The number of benzene rings is 1. The topological polar surface area (TPSA) is 87.7 Å². The summed E-state index contributed by atoms with van der Waals surface area (Å²) in [4.78, 5) is 42.1. The van der Waals surface area contributed by atoms with Crippen LogP contribution in [-0.4, -0.2) is 79.6 Å². The first kappa shape index (κ1) is 29.3. The molecule has 2 N–H and O–H groups in total. The van der Waals surface area contributed by atoms with Crippen molar-refractivity contribution in [2.75, 3.05) is 57.8 Å². The fourth-order valence-electron chi connectivity index (χ4n) is 5.08. The number of halogens is 1. The third kappa shape index (κ3) is 8.10. The molecule has 0 radical (unpaired) electrons. The lowest BCUT2D eigenvalue weighted by Gasteiger charge is -2.36. The maximum atomic E-state index is 13.4. The monoisotopic (exact) mass is 592 g/mol. The number of hydrogen-bond donors (Lipinski definition) is 2. The van der Waals surface area contributed by atoms with Gasteiger partial charge in [0.15, 0.2) is 13.1 Å². The van der Waals surface area contributed by atoms with Crippen LogP contribution in [-0.2, 0) is 20.9 Å². The predicted octanol–water partition coefficient (Wildman–Crippen LogP) is 0.179. The van der Waals surface area contributed by atoms with Gasteiger partial charge in [0, 0.05) is 29.9 Å². The maximum absolute atomic E-state index is 13.4. The summed E-state index contributed by atoms with van der Waals surface area (Å²) in [5.41, 5.74) is 2.19. The van der Waals surface area contributed by atoms with E-state index in [4.69, 9.17) is 4.74 Å². The van der Waals surface area contributed by atoms with Crippen molar-refractivity contribution in [1.82, 2.24) is 10.2 Å². The van der Waals surface area contributed by atoms with E-state index in [9.17, 15) is 14.4 Å². The van der Waals surface area contributed by atoms with Crippen LogP contribution in [0.2, 0.25) is 0 Å². The van der Waals surface area contributed by atoms with Crippen LogP contribution in [0.25, 0.3) is 0 Å². The highest BCUT2D eigenvalue weighted by Crippen LogP contribution is 2.29. The van der Waals surface area contributed by atoms with Gasteiger partial charge in [-0.25, -0.2) is 0 Å². The third-order valence-corrected chi connectivity index (χ3v) is 7.98. The number of likely N-dealkylation sites (tertiary alicyclic amines) is 1. The van der Waals surface area contributed by atoms with Crippen molar-refractivity contribution in [2.24, 2.45) is 0 Å². The number of anilines is 1. The molecule has 2 aromatic rings. The van der Waals surface area contributed by atoms with E-state index in [1.807, 2.05) is 42.6 Å². The lowest BCUT2D eigenvalue weighted by atomic mass is 10.2. The van der Waals surface area contributed by atoms with E-state index < -0.39 is 0 Å². The minimum absolute atomic E-state index is 0. The van der Waals surface area contributed by atoms with Crippen LogP contribution >= 0.6 is 11.3 Å². The summed E-state index contributed by atoms with van der Waals surface area (Å²) in [6, 6.07) is 9.85. The van der Waals surface area contributed by atoms with E-state index in [-0.39, 0.29) is 47.8 Å². The van der Waals surface area contributed by atoms with Gasteiger partial charge in [0.05, 0.1) is 37.6 Å². The molecule has 0 saturated carbocycles. The van der Waals surface area contributed by atoms with Crippen LogP contribution in [0.1, 0.15) is 46.5 Å². The molecule has 10 heteroatoms. The number of ether oxygens (including phenoxy) is 1. The second-order valence-corrected chi connectivity index (χ2v) is 10.9. The number of rotatable bonds is 8. The molecule has 3 heterocycles. The number of nitrogens with one attached hydrogen (secondary N) is 2. The standard InChI is InChI=1S/C27H36N4O4S.BrH/c1-21-26(23(20-36-21)27(34)30-11-15-35-16-12-30)29-25(33)19-31(13-7-2-3-8-14-31)18-24(32)28-17-22-9-5-4-6-10-22;/h4-6,9-10,20H,2-3,7-8,11-19H2,1H3,(H-,28,29,32,33);1H. The fraction of sp³-hybridized carbons (Fsp3) is 0.519. The predicted molar refractivity (Wildman–Crippen MR) is 141 cm³/mol. The molecule has 4 rings (SSSR count). The zero-order valence-electron chi connectivity index (χ0n) is 21.5. The van der Waals surface area contributed by atoms with Gasteiger partial charge in [-0.1, -0.05) is 30.3 Å². The van der Waals surface area contributed by atoms with E-state index in [1.165, 1.54) is 11.3 Å². The van der Waals surface area contributed by atoms with E-state index in [0.717, 1.165) is 49.2 Å². The second-order valence-electron chi connectivity index (χ2n) is 9.81. The summed E-state index contributed by atoms with van der Waals surface area (Å²) in [7, 11) is 0. The number of morpholine rings is 1. The molecule has 2 aliphatic heterocycles. The molecule has 0 spiro atoms. The van der Waals surface area contributed by atoms with Crippen molar-refractivity contribution in [3.63, 3.8) is 0 Å². The average molecular weight is 594 g/mol. The summed E-state index contributed by atoms with van der Waals surface area (Å²) >= 11 is 1.47. The van der Waals surface area contributed by atoms with Gasteiger partial charge < -0.3 is 41.7 Å². The Bertz CT molecular complexity index is 1050. The van der Waals surface area contributed by atoms with E-state index in [0.29, 0.717) is 48.6 Å². The van der Waals surface area contributed by atoms with Crippen LogP contribution in [0.3, 0.4) is 0 Å². The third-order valence-electron chi connectivity index (χ3n) is 7.07. The number of nitrogens with zero attached hydrogens (tertiary/aromatic N) is 2. The Morgan fingerprint density at radius 3 is 2.30 bits per heavy atom. The molecule has 202 valence electrons. The SMILES string of the molecule is Cc1scc(C(=O)N2CCOCC2)c1NC(=O)C[N+]1(CC(=O)NCc2ccccc2)CCCCCC1.[Br-]. The number of aryl methyl sites for hydroxylation is 1. The van der Waals surface area contributed by atoms with Crippen LogP contribution < -0.4 is 27.6 Å². The zero-order valence-corrected chi connectivity index (χ0v) is 23.9. The Labute approximate surface area is 233 Å². The highest BCUT2D eigenvalue weighted by atomic mass is 79.9. The lowest BCUT2D eigenvalue weighted by molar-refractivity contribution is -0.912. The average Bonchev–Trinajstić information content (AvgIpc) is 3.09. The van der Waals surface area contributed by atoms with Gasteiger partial charge in [0.1, 0.15) is 0 Å². The van der Waals surface area contributed by atoms with E-state index >= 15 is 0 Å². The summed E-state index contributed by atoms with van der Waals surface area (Å²) in [6.45, 7) is 6.67. The van der Waals surface area contributed by atoms with Crippen molar-refractivity contribution in [3.05, 3.63) is 51.7 Å². The molecule has 2 aliphatic rings. The van der Waals surface area contributed by atoms with E-state index in [2.05, 4.69) is 10.6 Å². The molecule has 0 atom stereocenters. The number of carbonyl (C=O) groups is 3. The lowest BCUT2D eigenvalue weighted by Crippen LogP contribution is -3.00. The molecule has 3 amide bonds. The van der Waals surface area contributed by atoms with Crippen LogP contribution in [0.4, 0.5) is 5.69 Å². The number of amides is 3. The maximum Gasteiger partial charge on any atom is 0.279 e. The highest BCUT2D eigenvalue weighted by molar-refractivity contribution is 7.10. The Hall–Kier alpha value is -2.27. The number of quaternary nitrogens is 1. The molecule has 1 aromatic heterocycles. The molecule has 0 aliphatic carbocycles. The van der Waals surface area contributed by atoms with Gasteiger partial charge in [-0.05, 0) is 38.2 Å². The molecular weight excluding hydrogens is 556 g/mol. The minimum Gasteiger partial charge on any atom is -1.00 e. The van der Waals surface area contributed by atoms with Crippen LogP contribution in [0.15, 0.2) is 35.7 Å². The van der Waals surface area contributed by atoms with Gasteiger partial charge in [0.25, 0.3) is 17.7 Å². The Morgan fingerprint density at radius 1 is 0.973 bits per heavy atom. The normalized spacial score (nSPS) is 17.3. The number of hydrogen-bond acceptors (Lipinski definition) is 5.